The Labute approximate surface area is 252 Å². The fourth-order valence-electron chi connectivity index (χ4n) is 3.99. The number of ketones is 3. The second kappa shape index (κ2) is 21.1. The van der Waals surface area contributed by atoms with Gasteiger partial charge in [0.25, 0.3) is 0 Å². The van der Waals surface area contributed by atoms with Crippen molar-refractivity contribution in [2.24, 2.45) is 0 Å². The second-order valence-electron chi connectivity index (χ2n) is 9.20. The van der Waals surface area contributed by atoms with Crippen LogP contribution >= 0.6 is 37.9 Å². The highest BCUT2D eigenvalue weighted by molar-refractivity contribution is 7.80. The second-order valence-corrected chi connectivity index (χ2v) is 10.5. The monoisotopic (exact) mass is 623 g/mol. The largest absolute Gasteiger partial charge is 0.464 e. The van der Waals surface area contributed by atoms with Crippen LogP contribution in [0.1, 0.15) is 45.4 Å². The summed E-state index contributed by atoms with van der Waals surface area (Å²) in [6.07, 6.45) is -0.657. The molecule has 228 valence electrons. The Bertz CT molecular complexity index is 829. The number of hydrogen-bond donors (Lipinski definition) is 3. The van der Waals surface area contributed by atoms with Crippen LogP contribution in [0.15, 0.2) is 0 Å². The van der Waals surface area contributed by atoms with Crippen molar-refractivity contribution in [1.29, 1.82) is 0 Å². The Hall–Kier alpha value is -1.65. The number of rotatable bonds is 21. The molecular weight excluding hydrogens is 582 g/mol. The number of thiol groups is 3. The van der Waals surface area contributed by atoms with E-state index in [0.29, 0.717) is 37.1 Å². The Kier molecular flexibility index (Phi) is 19.2. The lowest BCUT2D eigenvalue weighted by Crippen LogP contribution is -2.63. The summed E-state index contributed by atoms with van der Waals surface area (Å²) >= 11 is 12.1. The summed E-state index contributed by atoms with van der Waals surface area (Å²) in [5.41, 5.74) is 0. The first-order valence-corrected chi connectivity index (χ1v) is 15.0. The number of Topliss-reactive ketones (excluding diaryl/α,β-unsaturated/α-hetero) is 3. The number of carbonyl (C=O) groups excluding carboxylic acids is 6. The smallest absolute Gasteiger partial charge is 0.306 e. The number of ether oxygens (including phenoxy) is 3. The van der Waals surface area contributed by atoms with Gasteiger partial charge in [0.15, 0.2) is 0 Å². The number of nitrogens with zero attached hydrogens (tertiary/aromatic N) is 3. The van der Waals surface area contributed by atoms with E-state index in [0.717, 1.165) is 0 Å². The van der Waals surface area contributed by atoms with Crippen molar-refractivity contribution in [1.82, 2.24) is 14.7 Å². The molecule has 0 radical (unpaired) electrons. The van der Waals surface area contributed by atoms with Gasteiger partial charge in [-0.25, -0.2) is 0 Å². The van der Waals surface area contributed by atoms with Crippen molar-refractivity contribution < 1.29 is 43.0 Å². The molecule has 15 heteroatoms. The highest BCUT2D eigenvalue weighted by atomic mass is 32.1. The molecule has 1 aliphatic heterocycles. The van der Waals surface area contributed by atoms with Gasteiger partial charge in [-0.3, -0.25) is 43.5 Å². The van der Waals surface area contributed by atoms with Gasteiger partial charge in [-0.1, -0.05) is 0 Å². The van der Waals surface area contributed by atoms with Crippen LogP contribution in [0, 0.1) is 0 Å². The molecule has 0 saturated carbocycles. The van der Waals surface area contributed by atoms with Crippen LogP contribution in [-0.4, -0.2) is 126 Å². The van der Waals surface area contributed by atoms with E-state index in [1.165, 1.54) is 6.92 Å². The van der Waals surface area contributed by atoms with Gasteiger partial charge in [0.2, 0.25) is 0 Å². The molecule has 0 unspecified atom stereocenters. The van der Waals surface area contributed by atoms with E-state index in [1.807, 2.05) is 14.7 Å². The Morgan fingerprint density at radius 2 is 1.07 bits per heavy atom. The first-order valence-electron chi connectivity index (χ1n) is 13.1. The van der Waals surface area contributed by atoms with Crippen molar-refractivity contribution >= 4 is 73.1 Å². The molecule has 0 aromatic carbocycles. The van der Waals surface area contributed by atoms with Gasteiger partial charge in [0.05, 0.1) is 51.6 Å². The van der Waals surface area contributed by atoms with Crippen LogP contribution in [0.4, 0.5) is 0 Å². The molecule has 0 spiro atoms. The zero-order valence-electron chi connectivity index (χ0n) is 23.0. The lowest BCUT2D eigenvalue weighted by molar-refractivity contribution is -0.152. The standard InChI is InChI=1S/C25H41N3O9S3/c1-19(29)14-20(30)15-21(31)16-22-27(6-9-36-24(33)3-12-39)17-26(5-8-35-23(32)2-11-38)18-28(22)7-10-37-25(34)4-13-40/h22,38-40H,2-18H2,1H3. The summed E-state index contributed by atoms with van der Waals surface area (Å²) in [5, 5.41) is 0. The molecule has 0 aromatic rings. The van der Waals surface area contributed by atoms with E-state index in [-0.39, 0.29) is 89.0 Å². The summed E-state index contributed by atoms with van der Waals surface area (Å²) in [6, 6.07) is 0. The lowest BCUT2D eigenvalue weighted by Gasteiger charge is -2.48. The molecule has 1 saturated heterocycles. The topological polar surface area (TPSA) is 140 Å². The maximum Gasteiger partial charge on any atom is 0.306 e. The summed E-state index contributed by atoms with van der Waals surface area (Å²) in [5.74, 6) is -1.14. The summed E-state index contributed by atoms with van der Waals surface area (Å²) in [4.78, 5) is 77.6. The van der Waals surface area contributed by atoms with Crippen LogP contribution < -0.4 is 0 Å². The van der Waals surface area contributed by atoms with E-state index in [4.69, 9.17) is 14.2 Å². The lowest BCUT2D eigenvalue weighted by atomic mass is 10.0. The molecule has 1 fully saturated rings. The van der Waals surface area contributed by atoms with E-state index in [2.05, 4.69) is 37.9 Å². The van der Waals surface area contributed by atoms with Gasteiger partial charge in [0, 0.05) is 43.3 Å². The van der Waals surface area contributed by atoms with Crippen LogP contribution in [-0.2, 0) is 43.0 Å². The van der Waals surface area contributed by atoms with E-state index in [9.17, 15) is 28.8 Å². The van der Waals surface area contributed by atoms with Crippen LogP contribution in [0.3, 0.4) is 0 Å². The molecule has 0 aromatic heterocycles. The quantitative estimate of drug-likeness (QED) is 0.0715. The van der Waals surface area contributed by atoms with Crippen LogP contribution in [0.25, 0.3) is 0 Å². The first-order chi connectivity index (χ1) is 19.1. The average molecular weight is 624 g/mol. The van der Waals surface area contributed by atoms with Crippen molar-refractivity contribution in [3.05, 3.63) is 0 Å². The highest BCUT2D eigenvalue weighted by Gasteiger charge is 2.35. The molecule has 1 heterocycles. The maximum absolute atomic E-state index is 12.9. The van der Waals surface area contributed by atoms with Crippen molar-refractivity contribution in [3.63, 3.8) is 0 Å². The summed E-state index contributed by atoms with van der Waals surface area (Å²) < 4.78 is 15.9. The van der Waals surface area contributed by atoms with Gasteiger partial charge < -0.3 is 14.2 Å². The Morgan fingerprint density at radius 3 is 1.48 bits per heavy atom. The fraction of sp³-hybridized carbons (Fsp3) is 0.760. The van der Waals surface area contributed by atoms with E-state index in [1.54, 1.807) is 0 Å². The molecule has 12 nitrogen and oxygen atoms in total. The third kappa shape index (κ3) is 16.0. The molecule has 0 N–H and O–H groups in total. The third-order valence-electron chi connectivity index (χ3n) is 5.76. The molecule has 1 aliphatic rings. The minimum absolute atomic E-state index is 0.0242. The molecular formula is C25H41N3O9S3. The Morgan fingerprint density at radius 1 is 0.650 bits per heavy atom. The van der Waals surface area contributed by atoms with E-state index < -0.39 is 23.9 Å². The number of esters is 3. The zero-order valence-corrected chi connectivity index (χ0v) is 25.6. The predicted molar refractivity (Wildman–Crippen MR) is 156 cm³/mol. The fourth-order valence-corrected chi connectivity index (χ4v) is 4.53. The number of carbonyl (C=O) groups is 6. The SMILES string of the molecule is CC(=O)CC(=O)CC(=O)CC1N(CCOC(=O)CCS)CN(CCOC(=O)CCS)CN1CCOC(=O)CCS. The maximum atomic E-state index is 12.9. The molecule has 0 atom stereocenters. The van der Waals surface area contributed by atoms with Crippen molar-refractivity contribution in [2.75, 3.05) is 70.1 Å². The number of hydrogen-bond acceptors (Lipinski definition) is 15. The third-order valence-corrected chi connectivity index (χ3v) is 6.43. The van der Waals surface area contributed by atoms with Gasteiger partial charge in [-0.2, -0.15) is 37.9 Å². The van der Waals surface area contributed by atoms with Crippen molar-refractivity contribution in [3.8, 4) is 0 Å². The molecule has 0 bridgehead atoms. The van der Waals surface area contributed by atoms with Gasteiger partial charge >= 0.3 is 17.9 Å². The molecule has 0 aliphatic carbocycles. The summed E-state index contributed by atoms with van der Waals surface area (Å²) in [7, 11) is 0. The van der Waals surface area contributed by atoms with Gasteiger partial charge in [0.1, 0.15) is 37.2 Å². The van der Waals surface area contributed by atoms with Crippen molar-refractivity contribution in [2.45, 2.75) is 51.6 Å². The van der Waals surface area contributed by atoms with Crippen LogP contribution in [0.5, 0.6) is 0 Å². The minimum Gasteiger partial charge on any atom is -0.464 e. The van der Waals surface area contributed by atoms with Crippen LogP contribution in [0.2, 0.25) is 0 Å². The molecule has 1 rings (SSSR count). The Balaban J connectivity index is 3.03. The molecule has 0 amide bonds. The van der Waals surface area contributed by atoms with Gasteiger partial charge in [-0.05, 0) is 6.92 Å². The normalized spacial score (nSPS) is 15.0. The predicted octanol–water partition coefficient (Wildman–Crippen LogP) is 0.634. The molecule has 40 heavy (non-hydrogen) atoms. The highest BCUT2D eigenvalue weighted by Crippen LogP contribution is 2.19. The van der Waals surface area contributed by atoms with E-state index >= 15 is 0 Å². The zero-order chi connectivity index (χ0) is 29.9. The average Bonchev–Trinajstić information content (AvgIpc) is 2.85. The first kappa shape index (κ1) is 36.4. The summed E-state index contributed by atoms with van der Waals surface area (Å²) in [6.45, 7) is 3.25. The minimum atomic E-state index is -0.493. The van der Waals surface area contributed by atoms with Gasteiger partial charge in [-0.15, -0.1) is 0 Å².